The van der Waals surface area contributed by atoms with Crippen LogP contribution in [0.1, 0.15) is 17.8 Å². The minimum absolute atomic E-state index is 0.176. The lowest BCUT2D eigenvalue weighted by molar-refractivity contribution is 0.190. The zero-order valence-corrected chi connectivity index (χ0v) is 12.2. The van der Waals surface area contributed by atoms with E-state index in [0.29, 0.717) is 12.4 Å². The molecule has 1 atom stereocenters. The Morgan fingerprint density at radius 2 is 2.47 bits per heavy atom. The quantitative estimate of drug-likeness (QED) is 0.893. The van der Waals surface area contributed by atoms with Crippen LogP contribution in [-0.4, -0.2) is 51.5 Å². The van der Waals surface area contributed by atoms with Gasteiger partial charge in [0.05, 0.1) is 16.7 Å². The molecule has 3 heterocycles. The van der Waals surface area contributed by atoms with Gasteiger partial charge in [-0.2, -0.15) is 10.1 Å². The molecule has 102 valence electrons. The number of piperazine rings is 1. The SMILES string of the molecule is CN1CCNCC1c1noc(Cn2cc(Br)cn2)n1. The molecular formula is C11H15BrN6O. The third kappa shape index (κ3) is 2.85. The summed E-state index contributed by atoms with van der Waals surface area (Å²) >= 11 is 3.36. The molecule has 1 saturated heterocycles. The number of aromatic nitrogens is 4. The van der Waals surface area contributed by atoms with Gasteiger partial charge in [-0.25, -0.2) is 0 Å². The van der Waals surface area contributed by atoms with Gasteiger partial charge in [-0.05, 0) is 23.0 Å². The predicted octanol–water partition coefficient (Wildman–Crippen LogP) is 0.653. The Hall–Kier alpha value is -1.25. The first-order valence-corrected chi connectivity index (χ1v) is 6.93. The van der Waals surface area contributed by atoms with Gasteiger partial charge >= 0.3 is 0 Å². The van der Waals surface area contributed by atoms with Crippen molar-refractivity contribution in [1.82, 2.24) is 30.1 Å². The zero-order valence-electron chi connectivity index (χ0n) is 10.6. The van der Waals surface area contributed by atoms with Crippen molar-refractivity contribution in [3.63, 3.8) is 0 Å². The van der Waals surface area contributed by atoms with Crippen LogP contribution >= 0.6 is 15.9 Å². The van der Waals surface area contributed by atoms with E-state index in [1.807, 2.05) is 6.20 Å². The molecule has 2 aromatic heterocycles. The minimum Gasteiger partial charge on any atom is -0.337 e. The molecule has 0 spiro atoms. The Morgan fingerprint density at radius 1 is 1.58 bits per heavy atom. The molecule has 0 radical (unpaired) electrons. The normalized spacial score (nSPS) is 20.8. The van der Waals surface area contributed by atoms with Crippen LogP contribution in [0, 0.1) is 0 Å². The van der Waals surface area contributed by atoms with Crippen molar-refractivity contribution < 1.29 is 4.52 Å². The molecule has 0 bridgehead atoms. The molecule has 8 heteroatoms. The van der Waals surface area contributed by atoms with E-state index in [9.17, 15) is 0 Å². The van der Waals surface area contributed by atoms with Gasteiger partial charge in [-0.3, -0.25) is 9.58 Å². The number of rotatable bonds is 3. The van der Waals surface area contributed by atoms with Crippen molar-refractivity contribution in [3.8, 4) is 0 Å². The van der Waals surface area contributed by atoms with E-state index < -0.39 is 0 Å². The van der Waals surface area contributed by atoms with Crippen molar-refractivity contribution in [2.75, 3.05) is 26.7 Å². The summed E-state index contributed by atoms with van der Waals surface area (Å²) < 4.78 is 7.98. The summed E-state index contributed by atoms with van der Waals surface area (Å²) in [5, 5.41) is 11.6. The van der Waals surface area contributed by atoms with Crippen molar-refractivity contribution in [2.24, 2.45) is 0 Å². The summed E-state index contributed by atoms with van der Waals surface area (Å²) in [6.45, 7) is 3.32. The third-order valence-corrected chi connectivity index (χ3v) is 3.60. The lowest BCUT2D eigenvalue weighted by Gasteiger charge is -2.30. The van der Waals surface area contributed by atoms with Crippen LogP contribution in [0.4, 0.5) is 0 Å². The molecule has 3 rings (SSSR count). The molecule has 0 saturated carbocycles. The van der Waals surface area contributed by atoms with E-state index in [-0.39, 0.29) is 6.04 Å². The van der Waals surface area contributed by atoms with Crippen LogP contribution in [0.2, 0.25) is 0 Å². The van der Waals surface area contributed by atoms with Crippen molar-refractivity contribution in [1.29, 1.82) is 0 Å². The van der Waals surface area contributed by atoms with Gasteiger partial charge in [0.1, 0.15) is 6.54 Å². The first kappa shape index (κ1) is 12.8. The minimum atomic E-state index is 0.176. The standard InChI is InChI=1S/C11H15BrN6O/c1-17-3-2-13-5-9(17)11-15-10(19-16-11)7-18-6-8(12)4-14-18/h4,6,9,13H,2-3,5,7H2,1H3. The second-order valence-corrected chi connectivity index (χ2v) is 5.52. The molecule has 1 aliphatic heterocycles. The maximum Gasteiger partial charge on any atom is 0.248 e. The molecule has 1 unspecified atom stereocenters. The van der Waals surface area contributed by atoms with Crippen LogP contribution in [0.15, 0.2) is 21.4 Å². The summed E-state index contributed by atoms with van der Waals surface area (Å²) in [4.78, 5) is 6.69. The van der Waals surface area contributed by atoms with Crippen LogP contribution < -0.4 is 5.32 Å². The third-order valence-electron chi connectivity index (χ3n) is 3.19. The van der Waals surface area contributed by atoms with Gasteiger partial charge in [0, 0.05) is 25.8 Å². The summed E-state index contributed by atoms with van der Waals surface area (Å²) in [5.74, 6) is 1.31. The molecule has 1 aliphatic rings. The Labute approximate surface area is 119 Å². The average molecular weight is 327 g/mol. The fraction of sp³-hybridized carbons (Fsp3) is 0.545. The zero-order chi connectivity index (χ0) is 13.2. The van der Waals surface area contributed by atoms with Gasteiger partial charge in [0.2, 0.25) is 5.89 Å². The van der Waals surface area contributed by atoms with E-state index in [1.54, 1.807) is 10.9 Å². The second kappa shape index (κ2) is 5.40. The Morgan fingerprint density at radius 3 is 3.21 bits per heavy atom. The van der Waals surface area contributed by atoms with Gasteiger partial charge in [0.15, 0.2) is 5.82 Å². The van der Waals surface area contributed by atoms with E-state index in [2.05, 4.69) is 48.4 Å². The average Bonchev–Trinajstić information content (AvgIpc) is 3.00. The van der Waals surface area contributed by atoms with Crippen molar-refractivity contribution in [2.45, 2.75) is 12.6 Å². The van der Waals surface area contributed by atoms with Crippen molar-refractivity contribution >= 4 is 15.9 Å². The van der Waals surface area contributed by atoms with Crippen LogP contribution in [-0.2, 0) is 6.54 Å². The highest BCUT2D eigenvalue weighted by molar-refractivity contribution is 9.10. The number of hydrogen-bond acceptors (Lipinski definition) is 6. The Bertz CT molecular complexity index is 553. The Balaban J connectivity index is 1.72. The molecule has 1 N–H and O–H groups in total. The first-order valence-electron chi connectivity index (χ1n) is 6.14. The van der Waals surface area contributed by atoms with Gasteiger partial charge in [-0.15, -0.1) is 0 Å². The monoisotopic (exact) mass is 326 g/mol. The topological polar surface area (TPSA) is 72.0 Å². The molecule has 0 aliphatic carbocycles. The van der Waals surface area contributed by atoms with E-state index in [4.69, 9.17) is 4.52 Å². The molecule has 19 heavy (non-hydrogen) atoms. The number of nitrogens with zero attached hydrogens (tertiary/aromatic N) is 5. The lowest BCUT2D eigenvalue weighted by Crippen LogP contribution is -2.44. The summed E-state index contributed by atoms with van der Waals surface area (Å²) in [7, 11) is 2.08. The number of hydrogen-bond donors (Lipinski definition) is 1. The van der Waals surface area contributed by atoms with E-state index >= 15 is 0 Å². The predicted molar refractivity (Wildman–Crippen MR) is 71.6 cm³/mol. The largest absolute Gasteiger partial charge is 0.337 e. The molecule has 2 aromatic rings. The highest BCUT2D eigenvalue weighted by Gasteiger charge is 2.25. The van der Waals surface area contributed by atoms with E-state index in [1.165, 1.54) is 0 Å². The number of halogens is 1. The summed E-state index contributed by atoms with van der Waals surface area (Å²) in [6, 6.07) is 0.176. The maximum atomic E-state index is 5.29. The molecule has 0 amide bonds. The van der Waals surface area contributed by atoms with Crippen LogP contribution in [0.25, 0.3) is 0 Å². The molecule has 1 fully saturated rings. The molecule has 7 nitrogen and oxygen atoms in total. The highest BCUT2D eigenvalue weighted by atomic mass is 79.9. The van der Waals surface area contributed by atoms with Gasteiger partial charge in [0.25, 0.3) is 0 Å². The van der Waals surface area contributed by atoms with Gasteiger partial charge in [-0.1, -0.05) is 5.16 Å². The lowest BCUT2D eigenvalue weighted by atomic mass is 10.2. The van der Waals surface area contributed by atoms with Crippen LogP contribution in [0.3, 0.4) is 0 Å². The second-order valence-electron chi connectivity index (χ2n) is 4.60. The van der Waals surface area contributed by atoms with Crippen molar-refractivity contribution in [3.05, 3.63) is 28.6 Å². The van der Waals surface area contributed by atoms with Crippen LogP contribution in [0.5, 0.6) is 0 Å². The van der Waals surface area contributed by atoms with Gasteiger partial charge < -0.3 is 9.84 Å². The fourth-order valence-corrected chi connectivity index (χ4v) is 2.45. The maximum absolute atomic E-state index is 5.29. The first-order chi connectivity index (χ1) is 9.22. The smallest absolute Gasteiger partial charge is 0.248 e. The Kier molecular flexibility index (Phi) is 3.63. The molecular weight excluding hydrogens is 312 g/mol. The summed E-state index contributed by atoms with van der Waals surface area (Å²) in [6.07, 6.45) is 3.61. The number of nitrogens with one attached hydrogen (secondary N) is 1. The number of likely N-dealkylation sites (N-methyl/N-ethyl adjacent to an activating group) is 1. The highest BCUT2D eigenvalue weighted by Crippen LogP contribution is 2.17. The van der Waals surface area contributed by atoms with E-state index in [0.717, 1.165) is 29.9 Å². The molecule has 0 aromatic carbocycles. The summed E-state index contributed by atoms with van der Waals surface area (Å²) in [5.41, 5.74) is 0. The fourth-order valence-electron chi connectivity index (χ4n) is 2.13.